The number of nitrogens with zero attached hydrogens (tertiary/aromatic N) is 1. The van der Waals surface area contributed by atoms with Gasteiger partial charge >= 0.3 is 5.97 Å². The average Bonchev–Trinajstić information content (AvgIpc) is 3.10. The zero-order valence-corrected chi connectivity index (χ0v) is 14.6. The fourth-order valence-electron chi connectivity index (χ4n) is 3.05. The Morgan fingerprint density at radius 3 is 2.65 bits per heavy atom. The van der Waals surface area contributed by atoms with Crippen LogP contribution in [-0.2, 0) is 9.53 Å². The van der Waals surface area contributed by atoms with Crippen molar-refractivity contribution >= 4 is 22.9 Å². The van der Waals surface area contributed by atoms with Crippen LogP contribution in [0.15, 0.2) is 66.9 Å². The number of para-hydroxylation sites is 1. The van der Waals surface area contributed by atoms with E-state index >= 15 is 0 Å². The molecule has 1 N–H and O–H groups in total. The number of carbonyl (C=O) groups excluding carboxylic acids is 1. The van der Waals surface area contributed by atoms with E-state index in [0.717, 1.165) is 22.0 Å². The van der Waals surface area contributed by atoms with Crippen molar-refractivity contribution in [3.63, 3.8) is 0 Å². The van der Waals surface area contributed by atoms with Crippen LogP contribution in [0.1, 0.15) is 24.0 Å². The first-order valence-electron chi connectivity index (χ1n) is 8.60. The largest absolute Gasteiger partial charge is 0.465 e. The molecule has 4 heteroatoms. The van der Waals surface area contributed by atoms with Gasteiger partial charge in [-0.15, -0.1) is 0 Å². The van der Waals surface area contributed by atoms with Crippen molar-refractivity contribution in [3.8, 4) is 6.07 Å². The number of ether oxygens (including phenoxy) is 1. The van der Waals surface area contributed by atoms with Crippen molar-refractivity contribution in [1.29, 1.82) is 5.26 Å². The third-order valence-electron chi connectivity index (χ3n) is 4.31. The molecule has 130 valence electrons. The van der Waals surface area contributed by atoms with Gasteiger partial charge in [0.1, 0.15) is 0 Å². The summed E-state index contributed by atoms with van der Waals surface area (Å²) in [5.41, 5.74) is 2.89. The van der Waals surface area contributed by atoms with Crippen LogP contribution in [0, 0.1) is 17.2 Å². The van der Waals surface area contributed by atoms with E-state index in [-0.39, 0.29) is 6.61 Å². The van der Waals surface area contributed by atoms with E-state index in [4.69, 9.17) is 4.74 Å². The van der Waals surface area contributed by atoms with Gasteiger partial charge in [0.05, 0.1) is 12.7 Å². The van der Waals surface area contributed by atoms with E-state index in [1.165, 1.54) is 0 Å². The molecule has 0 amide bonds. The van der Waals surface area contributed by atoms with Gasteiger partial charge in [0.15, 0.2) is 5.92 Å². The van der Waals surface area contributed by atoms with Crippen LogP contribution >= 0.6 is 0 Å². The van der Waals surface area contributed by atoms with Crippen molar-refractivity contribution in [2.75, 3.05) is 6.61 Å². The minimum atomic E-state index is -0.908. The van der Waals surface area contributed by atoms with Crippen LogP contribution < -0.4 is 0 Å². The molecule has 0 saturated heterocycles. The van der Waals surface area contributed by atoms with E-state index in [2.05, 4.69) is 11.1 Å². The summed E-state index contributed by atoms with van der Waals surface area (Å²) in [6.07, 6.45) is 5.72. The predicted molar refractivity (Wildman–Crippen MR) is 102 cm³/mol. The molecule has 0 spiro atoms. The number of aromatic nitrogens is 1. The highest BCUT2D eigenvalue weighted by molar-refractivity contribution is 5.86. The van der Waals surface area contributed by atoms with E-state index < -0.39 is 17.8 Å². The Hall–Kier alpha value is -3.32. The number of carbonyl (C=O) groups is 1. The van der Waals surface area contributed by atoms with Crippen molar-refractivity contribution in [1.82, 2.24) is 4.98 Å². The number of H-pyrrole nitrogens is 1. The quantitative estimate of drug-likeness (QED) is 0.661. The summed E-state index contributed by atoms with van der Waals surface area (Å²) in [6.45, 7) is 1.99. The first-order valence-corrected chi connectivity index (χ1v) is 8.60. The Morgan fingerprint density at radius 2 is 1.92 bits per heavy atom. The minimum Gasteiger partial charge on any atom is -0.465 e. The Bertz CT molecular complexity index is 951. The van der Waals surface area contributed by atoms with E-state index in [1.54, 1.807) is 6.92 Å². The molecule has 3 aromatic rings. The highest BCUT2D eigenvalue weighted by atomic mass is 16.5. The lowest BCUT2D eigenvalue weighted by Gasteiger charge is -2.17. The number of fused-ring (bicyclic) bond motifs is 1. The van der Waals surface area contributed by atoms with E-state index in [0.29, 0.717) is 0 Å². The lowest BCUT2D eigenvalue weighted by atomic mass is 9.86. The van der Waals surface area contributed by atoms with Gasteiger partial charge in [-0.1, -0.05) is 60.7 Å². The molecule has 2 atom stereocenters. The molecule has 0 aliphatic rings. The third-order valence-corrected chi connectivity index (χ3v) is 4.31. The highest BCUT2D eigenvalue weighted by Gasteiger charge is 2.30. The van der Waals surface area contributed by atoms with Crippen LogP contribution in [0.2, 0.25) is 0 Å². The Kier molecular flexibility index (Phi) is 5.50. The second-order valence-electron chi connectivity index (χ2n) is 5.94. The smallest absolute Gasteiger partial charge is 0.324 e. The molecule has 3 rings (SSSR count). The molecule has 4 nitrogen and oxygen atoms in total. The molecule has 26 heavy (non-hydrogen) atoms. The number of hydrogen-bond donors (Lipinski definition) is 1. The van der Waals surface area contributed by atoms with Gasteiger partial charge in [-0.25, -0.2) is 0 Å². The number of aromatic amines is 1. The highest BCUT2D eigenvalue weighted by Crippen LogP contribution is 2.33. The second kappa shape index (κ2) is 8.17. The van der Waals surface area contributed by atoms with Crippen molar-refractivity contribution in [3.05, 3.63) is 78.0 Å². The molecule has 2 unspecified atom stereocenters. The molecule has 2 aromatic carbocycles. The molecule has 0 fully saturated rings. The summed E-state index contributed by atoms with van der Waals surface area (Å²) in [5.74, 6) is -1.81. The molecular weight excluding hydrogens is 324 g/mol. The number of nitriles is 1. The Balaban J connectivity index is 2.05. The van der Waals surface area contributed by atoms with Crippen LogP contribution in [0.5, 0.6) is 0 Å². The second-order valence-corrected chi connectivity index (χ2v) is 5.94. The summed E-state index contributed by atoms with van der Waals surface area (Å²) in [4.78, 5) is 15.6. The van der Waals surface area contributed by atoms with Crippen molar-refractivity contribution < 1.29 is 9.53 Å². The molecule has 1 heterocycles. The van der Waals surface area contributed by atoms with Gasteiger partial charge < -0.3 is 9.72 Å². The maximum absolute atomic E-state index is 12.4. The SMILES string of the molecule is CCOC(=O)C(C#N)C(/C=C/c1ccccc1)c1c[nH]c2ccccc12. The lowest BCUT2D eigenvalue weighted by molar-refractivity contribution is -0.146. The molecule has 0 aliphatic heterocycles. The molecule has 0 saturated carbocycles. The number of nitrogens with one attached hydrogen (secondary N) is 1. The van der Waals surface area contributed by atoms with E-state index in [9.17, 15) is 10.1 Å². The standard InChI is InChI=1S/C22H20N2O2/c1-2-26-22(25)19(14-23)17(13-12-16-8-4-3-5-9-16)20-15-24-21-11-7-6-10-18(20)21/h3-13,15,17,19,24H,2H2,1H3/b13-12+. The predicted octanol–water partition coefficient (Wildman–Crippen LogP) is 4.67. The van der Waals surface area contributed by atoms with Crippen molar-refractivity contribution in [2.45, 2.75) is 12.8 Å². The van der Waals surface area contributed by atoms with Crippen LogP contribution in [0.25, 0.3) is 17.0 Å². The zero-order valence-electron chi connectivity index (χ0n) is 14.6. The maximum atomic E-state index is 12.4. The number of hydrogen-bond acceptors (Lipinski definition) is 3. The van der Waals surface area contributed by atoms with Gasteiger partial charge in [0.25, 0.3) is 0 Å². The number of benzene rings is 2. The molecule has 0 bridgehead atoms. The van der Waals surface area contributed by atoms with Crippen LogP contribution in [-0.4, -0.2) is 17.6 Å². The first-order chi connectivity index (χ1) is 12.7. The Morgan fingerprint density at radius 1 is 1.19 bits per heavy atom. The molecule has 1 aromatic heterocycles. The molecule has 0 radical (unpaired) electrons. The maximum Gasteiger partial charge on any atom is 0.324 e. The Labute approximate surface area is 152 Å². The fraction of sp³-hybridized carbons (Fsp3) is 0.182. The van der Waals surface area contributed by atoms with Crippen LogP contribution in [0.3, 0.4) is 0 Å². The first kappa shape index (κ1) is 17.5. The molecule has 0 aliphatic carbocycles. The minimum absolute atomic E-state index is 0.250. The summed E-state index contributed by atoms with van der Waals surface area (Å²) in [5, 5.41) is 10.7. The monoisotopic (exact) mass is 344 g/mol. The summed E-state index contributed by atoms with van der Waals surface area (Å²) >= 11 is 0. The third kappa shape index (κ3) is 3.68. The average molecular weight is 344 g/mol. The van der Waals surface area contributed by atoms with Gasteiger partial charge in [0, 0.05) is 23.0 Å². The normalized spacial score (nSPS) is 13.4. The summed E-state index contributed by atoms with van der Waals surface area (Å²) < 4.78 is 5.13. The van der Waals surface area contributed by atoms with Crippen LogP contribution in [0.4, 0.5) is 0 Å². The van der Waals surface area contributed by atoms with Gasteiger partial charge in [0.2, 0.25) is 0 Å². The van der Waals surface area contributed by atoms with Crippen molar-refractivity contribution in [2.24, 2.45) is 5.92 Å². The lowest BCUT2D eigenvalue weighted by Crippen LogP contribution is -2.22. The number of rotatable bonds is 6. The number of esters is 1. The van der Waals surface area contributed by atoms with E-state index in [1.807, 2.05) is 72.9 Å². The topological polar surface area (TPSA) is 65.9 Å². The van der Waals surface area contributed by atoms with Gasteiger partial charge in [-0.3, -0.25) is 4.79 Å². The summed E-state index contributed by atoms with van der Waals surface area (Å²) in [6, 6.07) is 19.8. The van der Waals surface area contributed by atoms with Gasteiger partial charge in [-0.2, -0.15) is 5.26 Å². The zero-order chi connectivity index (χ0) is 18.4. The van der Waals surface area contributed by atoms with Gasteiger partial charge in [-0.05, 0) is 24.1 Å². The number of allylic oxidation sites excluding steroid dienone is 1. The summed E-state index contributed by atoms with van der Waals surface area (Å²) in [7, 11) is 0. The molecular formula is C22H20N2O2. The fourth-order valence-corrected chi connectivity index (χ4v) is 3.05.